The Labute approximate surface area is 102 Å². The van der Waals surface area contributed by atoms with Gasteiger partial charge in [-0.25, -0.2) is 8.42 Å². The van der Waals surface area contributed by atoms with Crippen molar-refractivity contribution in [2.24, 2.45) is 0 Å². The lowest BCUT2D eigenvalue weighted by molar-refractivity contribution is 0.558. The molecule has 0 N–H and O–H groups in total. The van der Waals surface area contributed by atoms with Crippen molar-refractivity contribution in [3.8, 4) is 0 Å². The molecule has 0 bridgehead atoms. The largest absolute Gasteiger partial charge is 0.229 e. The van der Waals surface area contributed by atoms with E-state index in [4.69, 9.17) is 0 Å². The number of unbranched alkanes of at least 4 members (excludes halogenated alkanes) is 9. The van der Waals surface area contributed by atoms with Crippen molar-refractivity contribution in [2.75, 3.05) is 12.0 Å². The maximum Gasteiger partial charge on any atom is 0.147 e. The monoisotopic (exact) mass is 248 g/mol. The summed E-state index contributed by atoms with van der Waals surface area (Å²) in [5.74, 6) is 0.365. The lowest BCUT2D eigenvalue weighted by Gasteiger charge is -2.01. The molecule has 0 aliphatic rings. The summed E-state index contributed by atoms with van der Waals surface area (Å²) < 4.78 is 21.7. The van der Waals surface area contributed by atoms with Crippen LogP contribution in [0.3, 0.4) is 0 Å². The van der Waals surface area contributed by atoms with Crippen LogP contribution in [0.25, 0.3) is 0 Å². The van der Waals surface area contributed by atoms with Crippen molar-refractivity contribution in [1.29, 1.82) is 0 Å². The predicted molar refractivity (Wildman–Crippen MR) is 71.6 cm³/mol. The average Bonchev–Trinajstić information content (AvgIpc) is 2.19. The molecule has 0 amide bonds. The van der Waals surface area contributed by atoms with Crippen molar-refractivity contribution in [3.63, 3.8) is 0 Å². The van der Waals surface area contributed by atoms with E-state index in [0.29, 0.717) is 5.75 Å². The van der Waals surface area contributed by atoms with Crippen LogP contribution in [0, 0.1) is 0 Å². The SMILES string of the molecule is CCCCCCCCCCCCS(C)(=O)=O. The second-order valence-electron chi connectivity index (χ2n) is 4.81. The zero-order chi connectivity index (χ0) is 12.3. The number of hydrogen-bond donors (Lipinski definition) is 0. The van der Waals surface area contributed by atoms with E-state index in [-0.39, 0.29) is 0 Å². The quantitative estimate of drug-likeness (QED) is 0.519. The van der Waals surface area contributed by atoms with Crippen molar-refractivity contribution < 1.29 is 8.42 Å². The maximum atomic E-state index is 10.9. The Kier molecular flexibility index (Phi) is 10.1. The molecule has 0 aromatic rings. The van der Waals surface area contributed by atoms with Gasteiger partial charge < -0.3 is 0 Å². The van der Waals surface area contributed by atoms with Gasteiger partial charge in [0.05, 0.1) is 0 Å². The van der Waals surface area contributed by atoms with E-state index in [2.05, 4.69) is 6.92 Å². The zero-order valence-electron chi connectivity index (χ0n) is 11.0. The molecule has 0 atom stereocenters. The molecule has 0 saturated carbocycles. The summed E-state index contributed by atoms with van der Waals surface area (Å²) in [6, 6.07) is 0. The van der Waals surface area contributed by atoms with Gasteiger partial charge in [-0.1, -0.05) is 64.7 Å². The van der Waals surface area contributed by atoms with Crippen molar-refractivity contribution >= 4 is 9.84 Å². The highest BCUT2D eigenvalue weighted by molar-refractivity contribution is 7.90. The lowest BCUT2D eigenvalue weighted by atomic mass is 10.1. The maximum absolute atomic E-state index is 10.9. The van der Waals surface area contributed by atoms with E-state index in [0.717, 1.165) is 12.8 Å². The minimum atomic E-state index is -2.73. The number of rotatable bonds is 11. The highest BCUT2D eigenvalue weighted by Gasteiger charge is 2.00. The van der Waals surface area contributed by atoms with Crippen LogP contribution in [0.4, 0.5) is 0 Å². The van der Waals surface area contributed by atoms with E-state index in [1.807, 2.05) is 0 Å². The van der Waals surface area contributed by atoms with Gasteiger partial charge in [-0.2, -0.15) is 0 Å². The predicted octanol–water partition coefficient (Wildman–Crippen LogP) is 3.95. The van der Waals surface area contributed by atoms with Gasteiger partial charge in [-0.15, -0.1) is 0 Å². The molecule has 98 valence electrons. The smallest absolute Gasteiger partial charge is 0.147 e. The first-order valence-corrected chi connectivity index (χ1v) is 8.80. The molecule has 0 spiro atoms. The van der Waals surface area contributed by atoms with E-state index in [9.17, 15) is 8.42 Å². The third-order valence-electron chi connectivity index (χ3n) is 2.87. The molecule has 0 aliphatic heterocycles. The lowest BCUT2D eigenvalue weighted by Crippen LogP contribution is -2.02. The van der Waals surface area contributed by atoms with Gasteiger partial charge >= 0.3 is 0 Å². The van der Waals surface area contributed by atoms with Gasteiger partial charge in [-0.05, 0) is 6.42 Å². The van der Waals surface area contributed by atoms with Crippen LogP contribution in [-0.2, 0) is 9.84 Å². The summed E-state index contributed by atoms with van der Waals surface area (Å²) in [5.41, 5.74) is 0. The molecule has 0 rings (SSSR count). The average molecular weight is 248 g/mol. The van der Waals surface area contributed by atoms with Crippen LogP contribution in [0.1, 0.15) is 71.1 Å². The first kappa shape index (κ1) is 16.0. The molecular weight excluding hydrogens is 220 g/mol. The molecule has 0 aromatic heterocycles. The van der Waals surface area contributed by atoms with E-state index >= 15 is 0 Å². The highest BCUT2D eigenvalue weighted by Crippen LogP contribution is 2.10. The van der Waals surface area contributed by atoms with Crippen molar-refractivity contribution in [1.82, 2.24) is 0 Å². The molecule has 0 radical (unpaired) electrons. The van der Waals surface area contributed by atoms with Crippen molar-refractivity contribution in [3.05, 3.63) is 0 Å². The van der Waals surface area contributed by atoms with Crippen LogP contribution >= 0.6 is 0 Å². The first-order chi connectivity index (χ1) is 7.56. The summed E-state index contributed by atoms with van der Waals surface area (Å²) in [6.07, 6.45) is 13.8. The van der Waals surface area contributed by atoms with Crippen LogP contribution in [-0.4, -0.2) is 20.4 Å². The van der Waals surface area contributed by atoms with Gasteiger partial charge in [0.25, 0.3) is 0 Å². The van der Waals surface area contributed by atoms with Crippen LogP contribution < -0.4 is 0 Å². The van der Waals surface area contributed by atoms with Gasteiger partial charge in [-0.3, -0.25) is 0 Å². The van der Waals surface area contributed by atoms with E-state index in [1.54, 1.807) is 0 Å². The Morgan fingerprint density at radius 2 is 1.06 bits per heavy atom. The minimum Gasteiger partial charge on any atom is -0.229 e. The fourth-order valence-electron chi connectivity index (χ4n) is 1.85. The van der Waals surface area contributed by atoms with E-state index < -0.39 is 9.84 Å². The molecular formula is C13H28O2S. The molecule has 0 saturated heterocycles. The summed E-state index contributed by atoms with van der Waals surface area (Å²) in [7, 11) is -2.73. The van der Waals surface area contributed by atoms with Gasteiger partial charge in [0.1, 0.15) is 9.84 Å². The second kappa shape index (κ2) is 10.1. The molecule has 0 aliphatic carbocycles. The molecule has 0 heterocycles. The van der Waals surface area contributed by atoms with Gasteiger partial charge in [0, 0.05) is 12.0 Å². The Hall–Kier alpha value is -0.0500. The molecule has 0 unspecified atom stereocenters. The van der Waals surface area contributed by atoms with Crippen LogP contribution in [0.5, 0.6) is 0 Å². The minimum absolute atomic E-state index is 0.365. The molecule has 16 heavy (non-hydrogen) atoms. The normalized spacial score (nSPS) is 11.9. The summed E-state index contributed by atoms with van der Waals surface area (Å²) in [6.45, 7) is 2.24. The fourth-order valence-corrected chi connectivity index (χ4v) is 2.58. The van der Waals surface area contributed by atoms with Crippen molar-refractivity contribution in [2.45, 2.75) is 71.1 Å². The van der Waals surface area contributed by atoms with Gasteiger partial charge in [0.15, 0.2) is 0 Å². The Bertz CT molecular complexity index is 232. The Morgan fingerprint density at radius 3 is 1.44 bits per heavy atom. The Balaban J connectivity index is 3.05. The highest BCUT2D eigenvalue weighted by atomic mass is 32.2. The standard InChI is InChI=1S/C13H28O2S/c1-3-4-5-6-7-8-9-10-11-12-13-16(2,14)15/h3-13H2,1-2H3. The fraction of sp³-hybridized carbons (Fsp3) is 1.00. The third-order valence-corrected chi connectivity index (χ3v) is 3.90. The molecule has 2 nitrogen and oxygen atoms in total. The molecule has 0 aromatic carbocycles. The molecule has 3 heteroatoms. The third kappa shape index (κ3) is 13.9. The summed E-state index contributed by atoms with van der Waals surface area (Å²) in [5, 5.41) is 0. The first-order valence-electron chi connectivity index (χ1n) is 6.74. The van der Waals surface area contributed by atoms with E-state index in [1.165, 1.54) is 57.6 Å². The Morgan fingerprint density at radius 1 is 0.688 bits per heavy atom. The van der Waals surface area contributed by atoms with Crippen LogP contribution in [0.2, 0.25) is 0 Å². The number of sulfone groups is 1. The van der Waals surface area contributed by atoms with Crippen LogP contribution in [0.15, 0.2) is 0 Å². The summed E-state index contributed by atoms with van der Waals surface area (Å²) >= 11 is 0. The topological polar surface area (TPSA) is 34.1 Å². The molecule has 0 fully saturated rings. The summed E-state index contributed by atoms with van der Waals surface area (Å²) in [4.78, 5) is 0. The zero-order valence-corrected chi connectivity index (χ0v) is 11.8. The number of hydrogen-bond acceptors (Lipinski definition) is 2. The van der Waals surface area contributed by atoms with Gasteiger partial charge in [0.2, 0.25) is 0 Å². The second-order valence-corrected chi connectivity index (χ2v) is 7.07.